The molecule has 2 aliphatic carbocycles. The predicted molar refractivity (Wildman–Crippen MR) is 104 cm³/mol. The Bertz CT molecular complexity index is 1160. The van der Waals surface area contributed by atoms with E-state index in [9.17, 15) is 9.18 Å². The summed E-state index contributed by atoms with van der Waals surface area (Å²) in [6.45, 7) is 0. The van der Waals surface area contributed by atoms with Gasteiger partial charge in [-0.05, 0) is 68.0 Å². The van der Waals surface area contributed by atoms with Crippen LogP contribution in [-0.4, -0.2) is 14.8 Å². The maximum atomic E-state index is 13.4. The van der Waals surface area contributed by atoms with Gasteiger partial charge in [-0.25, -0.2) is 9.07 Å². The maximum Gasteiger partial charge on any atom is 0.300 e. The Balaban J connectivity index is 1.62. The van der Waals surface area contributed by atoms with E-state index in [0.717, 1.165) is 24.1 Å². The Hall–Kier alpha value is -3.02. The highest BCUT2D eigenvalue weighted by Crippen LogP contribution is 2.57. The molecule has 0 saturated heterocycles. The Morgan fingerprint density at radius 2 is 1.93 bits per heavy atom. The topological polar surface area (TPSA) is 59.8 Å². The van der Waals surface area contributed by atoms with E-state index in [4.69, 9.17) is 5.10 Å². The zero-order valence-corrected chi connectivity index (χ0v) is 15.2. The van der Waals surface area contributed by atoms with Crippen LogP contribution in [0.4, 0.5) is 10.1 Å². The molecule has 3 aromatic rings. The monoisotopic (exact) mass is 374 g/mol. The summed E-state index contributed by atoms with van der Waals surface area (Å²) in [7, 11) is 0. The molecule has 28 heavy (non-hydrogen) atoms. The lowest BCUT2D eigenvalue weighted by atomic mass is 9.86. The molecule has 3 aliphatic rings. The first-order chi connectivity index (χ1) is 13.6. The standard InChI is InChI=1S/C22H19FN4O/c23-16-9-6-14(7-10-16)19-21(28)24-20-17-3-1-2-4-18(17)25-22(27(20)26-19)12-13-5-8-15(22)11-13/h1-4,6-7,9-10,13,15,25H,5,8,11-12H2/t13-,15-,22-/m0/s1. The minimum atomic E-state index is -0.382. The van der Waals surface area contributed by atoms with Crippen molar-refractivity contribution in [3.63, 3.8) is 0 Å². The number of aromatic nitrogens is 3. The highest BCUT2D eigenvalue weighted by atomic mass is 19.1. The number of hydrogen-bond donors (Lipinski definition) is 1. The molecule has 5 nitrogen and oxygen atoms in total. The van der Waals surface area contributed by atoms with Gasteiger partial charge in [0.15, 0.2) is 11.5 Å². The molecular weight excluding hydrogens is 355 g/mol. The van der Waals surface area contributed by atoms with Gasteiger partial charge in [-0.3, -0.25) is 4.79 Å². The number of halogens is 1. The number of benzene rings is 2. The summed E-state index contributed by atoms with van der Waals surface area (Å²) in [5, 5.41) is 8.59. The van der Waals surface area contributed by atoms with E-state index in [1.54, 1.807) is 12.1 Å². The number of para-hydroxylation sites is 1. The van der Waals surface area contributed by atoms with Crippen LogP contribution in [0.5, 0.6) is 0 Å². The molecule has 1 aliphatic heterocycles. The lowest BCUT2D eigenvalue weighted by Crippen LogP contribution is -2.51. The first-order valence-electron chi connectivity index (χ1n) is 9.79. The van der Waals surface area contributed by atoms with Crippen molar-refractivity contribution < 1.29 is 4.39 Å². The van der Waals surface area contributed by atoms with Gasteiger partial charge >= 0.3 is 0 Å². The van der Waals surface area contributed by atoms with Crippen molar-refractivity contribution in [2.24, 2.45) is 11.8 Å². The van der Waals surface area contributed by atoms with Gasteiger partial charge < -0.3 is 5.32 Å². The summed E-state index contributed by atoms with van der Waals surface area (Å²) < 4.78 is 15.3. The Kier molecular flexibility index (Phi) is 3.14. The van der Waals surface area contributed by atoms with Crippen LogP contribution in [0, 0.1) is 17.7 Å². The highest BCUT2D eigenvalue weighted by Gasteiger charge is 2.55. The molecule has 2 aromatic carbocycles. The molecule has 2 fully saturated rings. The van der Waals surface area contributed by atoms with E-state index in [2.05, 4.69) is 10.3 Å². The molecule has 1 spiro atoms. The number of fused-ring (bicyclic) bond motifs is 7. The number of nitrogens with zero attached hydrogens (tertiary/aromatic N) is 3. The van der Waals surface area contributed by atoms with Gasteiger partial charge in [-0.1, -0.05) is 12.1 Å². The molecule has 2 heterocycles. The summed E-state index contributed by atoms with van der Waals surface area (Å²) >= 11 is 0. The summed E-state index contributed by atoms with van der Waals surface area (Å²) in [5.41, 5.74) is 2.04. The second kappa shape index (κ2) is 5.50. The molecule has 2 bridgehead atoms. The van der Waals surface area contributed by atoms with Crippen LogP contribution in [0.25, 0.3) is 22.6 Å². The smallest absolute Gasteiger partial charge is 0.300 e. The first-order valence-corrected chi connectivity index (χ1v) is 9.79. The van der Waals surface area contributed by atoms with Crippen molar-refractivity contribution in [3.8, 4) is 22.6 Å². The number of nitrogens with one attached hydrogen (secondary N) is 1. The molecule has 0 unspecified atom stereocenters. The number of hydrogen-bond acceptors (Lipinski definition) is 4. The minimum Gasteiger partial charge on any atom is -0.360 e. The quantitative estimate of drug-likeness (QED) is 0.699. The number of anilines is 1. The van der Waals surface area contributed by atoms with Crippen LogP contribution in [0.3, 0.4) is 0 Å². The van der Waals surface area contributed by atoms with Crippen molar-refractivity contribution >= 4 is 5.69 Å². The van der Waals surface area contributed by atoms with E-state index >= 15 is 0 Å². The van der Waals surface area contributed by atoms with Crippen LogP contribution < -0.4 is 10.9 Å². The van der Waals surface area contributed by atoms with Crippen LogP contribution in [0.2, 0.25) is 0 Å². The van der Waals surface area contributed by atoms with Gasteiger partial charge in [0.25, 0.3) is 5.56 Å². The lowest BCUT2D eigenvalue weighted by molar-refractivity contribution is 0.180. The lowest BCUT2D eigenvalue weighted by Gasteiger charge is -2.44. The van der Waals surface area contributed by atoms with Crippen LogP contribution in [-0.2, 0) is 5.66 Å². The third kappa shape index (κ3) is 2.08. The fourth-order valence-corrected chi connectivity index (χ4v) is 5.41. The SMILES string of the molecule is O=c1nc2n(nc1-c1ccc(F)cc1)[C@]1(C[C@H]3CC[C@H]1C3)Nc1ccccc1-2. The Morgan fingerprint density at radius 3 is 2.68 bits per heavy atom. The highest BCUT2D eigenvalue weighted by molar-refractivity contribution is 5.77. The van der Waals surface area contributed by atoms with Crippen LogP contribution in [0.15, 0.2) is 53.3 Å². The molecule has 6 rings (SSSR count). The average molecular weight is 374 g/mol. The Morgan fingerprint density at radius 1 is 1.11 bits per heavy atom. The largest absolute Gasteiger partial charge is 0.360 e. The van der Waals surface area contributed by atoms with E-state index in [1.807, 2.05) is 28.9 Å². The second-order valence-electron chi connectivity index (χ2n) is 8.18. The zero-order chi connectivity index (χ0) is 18.9. The van der Waals surface area contributed by atoms with Crippen LogP contribution in [0.1, 0.15) is 25.7 Å². The van der Waals surface area contributed by atoms with Gasteiger partial charge in [0, 0.05) is 22.7 Å². The third-order valence-electron chi connectivity index (χ3n) is 6.64. The molecule has 2 saturated carbocycles. The predicted octanol–water partition coefficient (Wildman–Crippen LogP) is 4.01. The van der Waals surface area contributed by atoms with Gasteiger partial charge in [-0.2, -0.15) is 10.1 Å². The number of rotatable bonds is 1. The molecule has 140 valence electrons. The summed E-state index contributed by atoms with van der Waals surface area (Å²) in [5.74, 6) is 1.42. The summed E-state index contributed by atoms with van der Waals surface area (Å²) in [4.78, 5) is 17.3. The molecule has 0 radical (unpaired) electrons. The van der Waals surface area contributed by atoms with Gasteiger partial charge in [0.1, 0.15) is 11.5 Å². The normalized spacial score (nSPS) is 26.8. The van der Waals surface area contributed by atoms with Crippen molar-refractivity contribution in [1.29, 1.82) is 0 Å². The third-order valence-corrected chi connectivity index (χ3v) is 6.64. The molecular formula is C22H19FN4O. The molecule has 1 aromatic heterocycles. The first kappa shape index (κ1) is 16.0. The molecule has 6 heteroatoms. The molecule has 1 N–H and O–H groups in total. The van der Waals surface area contributed by atoms with E-state index < -0.39 is 0 Å². The zero-order valence-electron chi connectivity index (χ0n) is 15.2. The van der Waals surface area contributed by atoms with Crippen molar-refractivity contribution in [1.82, 2.24) is 14.8 Å². The summed E-state index contributed by atoms with van der Waals surface area (Å²) in [6, 6.07) is 13.8. The van der Waals surface area contributed by atoms with Gasteiger partial charge in [0.2, 0.25) is 0 Å². The molecule has 0 amide bonds. The van der Waals surface area contributed by atoms with Crippen molar-refractivity contribution in [2.45, 2.75) is 31.3 Å². The maximum absolute atomic E-state index is 13.4. The van der Waals surface area contributed by atoms with Crippen molar-refractivity contribution in [3.05, 3.63) is 64.7 Å². The fraction of sp³-hybridized carbons (Fsp3) is 0.318. The molecule has 3 atom stereocenters. The van der Waals surface area contributed by atoms with Crippen LogP contribution >= 0.6 is 0 Å². The van der Waals surface area contributed by atoms with Gasteiger partial charge in [0.05, 0.1) is 0 Å². The summed E-state index contributed by atoms with van der Waals surface area (Å²) in [6.07, 6.45) is 4.57. The average Bonchev–Trinajstić information content (AvgIpc) is 3.30. The Labute approximate surface area is 161 Å². The minimum absolute atomic E-state index is 0.270. The van der Waals surface area contributed by atoms with E-state index in [-0.39, 0.29) is 22.7 Å². The fourth-order valence-electron chi connectivity index (χ4n) is 5.41. The van der Waals surface area contributed by atoms with Gasteiger partial charge in [-0.15, -0.1) is 0 Å². The second-order valence-corrected chi connectivity index (χ2v) is 8.18. The van der Waals surface area contributed by atoms with E-state index in [0.29, 0.717) is 23.2 Å². The van der Waals surface area contributed by atoms with Crippen molar-refractivity contribution in [2.75, 3.05) is 5.32 Å². The van der Waals surface area contributed by atoms with E-state index in [1.165, 1.54) is 25.0 Å².